The van der Waals surface area contributed by atoms with E-state index in [2.05, 4.69) is 4.90 Å². The lowest BCUT2D eigenvalue weighted by Crippen LogP contribution is -2.35. The summed E-state index contributed by atoms with van der Waals surface area (Å²) >= 11 is 12.0. The number of hydrogen-bond acceptors (Lipinski definition) is 2. The number of aryl methyl sites for hydroxylation is 1. The van der Waals surface area contributed by atoms with Crippen LogP contribution in [0, 0.1) is 0 Å². The van der Waals surface area contributed by atoms with Crippen LogP contribution in [-0.4, -0.2) is 48.9 Å². The number of halogens is 2. The summed E-state index contributed by atoms with van der Waals surface area (Å²) in [7, 11) is 1.88. The van der Waals surface area contributed by atoms with Crippen LogP contribution in [0.3, 0.4) is 0 Å². The highest BCUT2D eigenvalue weighted by Gasteiger charge is 2.14. The van der Waals surface area contributed by atoms with Crippen molar-refractivity contribution in [2.75, 3.05) is 33.2 Å². The van der Waals surface area contributed by atoms with Gasteiger partial charge < -0.3 is 9.80 Å². The van der Waals surface area contributed by atoms with E-state index in [9.17, 15) is 4.79 Å². The van der Waals surface area contributed by atoms with E-state index in [0.29, 0.717) is 22.9 Å². The molecule has 1 heterocycles. The van der Waals surface area contributed by atoms with Crippen molar-refractivity contribution < 1.29 is 4.79 Å². The van der Waals surface area contributed by atoms with E-state index in [-0.39, 0.29) is 5.91 Å². The smallest absolute Gasteiger partial charge is 0.222 e. The molecule has 1 amide bonds. The molecule has 0 bridgehead atoms. The van der Waals surface area contributed by atoms with Crippen LogP contribution in [0.25, 0.3) is 0 Å². The number of amides is 1. The topological polar surface area (TPSA) is 23.6 Å². The van der Waals surface area contributed by atoms with Gasteiger partial charge in [0.2, 0.25) is 5.91 Å². The lowest BCUT2D eigenvalue weighted by Gasteiger charge is -2.21. The second-order valence-corrected chi connectivity index (χ2v) is 6.44. The van der Waals surface area contributed by atoms with Crippen molar-refractivity contribution in [2.45, 2.75) is 25.7 Å². The van der Waals surface area contributed by atoms with Gasteiger partial charge in [-0.15, -0.1) is 0 Å². The molecule has 1 aromatic carbocycles. The van der Waals surface area contributed by atoms with E-state index in [4.69, 9.17) is 23.2 Å². The zero-order chi connectivity index (χ0) is 15.2. The molecule has 0 atom stereocenters. The molecular formula is C16H22Cl2N2O. The second kappa shape index (κ2) is 8.02. The van der Waals surface area contributed by atoms with Crippen molar-refractivity contribution in [3.63, 3.8) is 0 Å². The minimum atomic E-state index is 0.167. The molecule has 0 spiro atoms. The lowest BCUT2D eigenvalue weighted by atomic mass is 10.1. The van der Waals surface area contributed by atoms with Gasteiger partial charge in [0.25, 0.3) is 0 Å². The van der Waals surface area contributed by atoms with E-state index < -0.39 is 0 Å². The number of carbonyl (C=O) groups excluding carboxylic acids is 1. The van der Waals surface area contributed by atoms with Gasteiger partial charge in [-0.3, -0.25) is 4.79 Å². The summed E-state index contributed by atoms with van der Waals surface area (Å²) in [5, 5.41) is 1.26. The number of hydrogen-bond donors (Lipinski definition) is 0. The number of carbonyl (C=O) groups is 1. The molecule has 1 aliphatic heterocycles. The summed E-state index contributed by atoms with van der Waals surface area (Å²) in [6.45, 7) is 4.11. The maximum atomic E-state index is 12.1. The summed E-state index contributed by atoms with van der Waals surface area (Å²) in [6.07, 6.45) is 3.71. The minimum absolute atomic E-state index is 0.167. The standard InChI is InChI=1S/C16H22Cl2N2O/c1-19(10-11-20-8-2-3-9-20)16(21)7-5-13-4-6-14(17)12-15(13)18/h4,6,12H,2-3,5,7-11H2,1H3. The molecule has 1 aromatic rings. The number of likely N-dealkylation sites (tertiary alicyclic amines) is 1. The van der Waals surface area contributed by atoms with Crippen LogP contribution < -0.4 is 0 Å². The zero-order valence-electron chi connectivity index (χ0n) is 12.4. The Bertz CT molecular complexity index is 487. The van der Waals surface area contributed by atoms with Crippen LogP contribution in [0.4, 0.5) is 0 Å². The molecule has 0 aliphatic carbocycles. The molecular weight excluding hydrogens is 307 g/mol. The SMILES string of the molecule is CN(CCN1CCCC1)C(=O)CCc1ccc(Cl)cc1Cl. The fourth-order valence-corrected chi connectivity index (χ4v) is 3.08. The molecule has 1 saturated heterocycles. The third-order valence-corrected chi connectivity index (χ3v) is 4.59. The van der Waals surface area contributed by atoms with E-state index in [1.54, 1.807) is 6.07 Å². The fraction of sp³-hybridized carbons (Fsp3) is 0.562. The van der Waals surface area contributed by atoms with Gasteiger partial charge in [0.15, 0.2) is 0 Å². The Labute approximate surface area is 136 Å². The normalized spacial score (nSPS) is 15.4. The van der Waals surface area contributed by atoms with E-state index in [1.807, 2.05) is 24.1 Å². The Balaban J connectivity index is 1.75. The molecule has 21 heavy (non-hydrogen) atoms. The van der Waals surface area contributed by atoms with Crippen molar-refractivity contribution in [2.24, 2.45) is 0 Å². The first-order valence-corrected chi connectivity index (χ1v) is 8.22. The first-order valence-electron chi connectivity index (χ1n) is 7.46. The predicted molar refractivity (Wildman–Crippen MR) is 88.1 cm³/mol. The number of rotatable bonds is 6. The maximum Gasteiger partial charge on any atom is 0.222 e. The first kappa shape index (κ1) is 16.6. The number of likely N-dealkylation sites (N-methyl/N-ethyl adjacent to an activating group) is 1. The van der Waals surface area contributed by atoms with Crippen LogP contribution >= 0.6 is 23.2 Å². The molecule has 3 nitrogen and oxygen atoms in total. The highest BCUT2D eigenvalue weighted by molar-refractivity contribution is 6.35. The van der Waals surface area contributed by atoms with Crippen molar-refractivity contribution >= 4 is 29.1 Å². The van der Waals surface area contributed by atoms with Gasteiger partial charge in [-0.1, -0.05) is 29.3 Å². The van der Waals surface area contributed by atoms with Gasteiger partial charge >= 0.3 is 0 Å². The molecule has 5 heteroatoms. The average molecular weight is 329 g/mol. The van der Waals surface area contributed by atoms with Gasteiger partial charge in [-0.25, -0.2) is 0 Å². The minimum Gasteiger partial charge on any atom is -0.344 e. The van der Waals surface area contributed by atoms with Crippen molar-refractivity contribution in [3.05, 3.63) is 33.8 Å². The Kier molecular flexibility index (Phi) is 6.34. The Morgan fingerprint density at radius 2 is 2.00 bits per heavy atom. The number of nitrogens with zero attached hydrogens (tertiary/aromatic N) is 2. The Hall–Kier alpha value is -0.770. The molecule has 0 unspecified atom stereocenters. The monoisotopic (exact) mass is 328 g/mol. The summed E-state index contributed by atoms with van der Waals surface area (Å²) in [6, 6.07) is 5.42. The van der Waals surface area contributed by atoms with E-state index in [0.717, 1.165) is 18.7 Å². The summed E-state index contributed by atoms with van der Waals surface area (Å²) in [5.41, 5.74) is 0.974. The molecule has 0 saturated carbocycles. The first-order chi connectivity index (χ1) is 10.1. The van der Waals surface area contributed by atoms with E-state index >= 15 is 0 Å². The van der Waals surface area contributed by atoms with Crippen molar-refractivity contribution in [1.29, 1.82) is 0 Å². The molecule has 1 aliphatic rings. The molecule has 2 rings (SSSR count). The largest absolute Gasteiger partial charge is 0.344 e. The highest BCUT2D eigenvalue weighted by Crippen LogP contribution is 2.22. The van der Waals surface area contributed by atoms with Crippen LogP contribution in [-0.2, 0) is 11.2 Å². The van der Waals surface area contributed by atoms with Crippen molar-refractivity contribution in [1.82, 2.24) is 9.80 Å². The zero-order valence-corrected chi connectivity index (χ0v) is 14.0. The summed E-state index contributed by atoms with van der Waals surface area (Å²) < 4.78 is 0. The molecule has 0 aromatic heterocycles. The van der Waals surface area contributed by atoms with Crippen LogP contribution in [0.5, 0.6) is 0 Å². The highest BCUT2D eigenvalue weighted by atomic mass is 35.5. The number of benzene rings is 1. The van der Waals surface area contributed by atoms with Crippen molar-refractivity contribution in [3.8, 4) is 0 Å². The maximum absolute atomic E-state index is 12.1. The lowest BCUT2D eigenvalue weighted by molar-refractivity contribution is -0.130. The summed E-state index contributed by atoms with van der Waals surface area (Å²) in [5.74, 6) is 0.167. The van der Waals surface area contributed by atoms with Crippen LogP contribution in [0.2, 0.25) is 10.0 Å². The van der Waals surface area contributed by atoms with Crippen LogP contribution in [0.15, 0.2) is 18.2 Å². The molecule has 1 fully saturated rings. The average Bonchev–Trinajstić information content (AvgIpc) is 2.96. The third-order valence-electron chi connectivity index (χ3n) is 4.00. The second-order valence-electron chi connectivity index (χ2n) is 5.60. The molecule has 0 radical (unpaired) electrons. The molecule has 0 N–H and O–H groups in total. The van der Waals surface area contributed by atoms with Gasteiger partial charge in [0.1, 0.15) is 0 Å². The predicted octanol–water partition coefficient (Wildman–Crippen LogP) is 3.48. The van der Waals surface area contributed by atoms with E-state index in [1.165, 1.54) is 25.9 Å². The third kappa shape index (κ3) is 5.17. The Morgan fingerprint density at radius 1 is 1.29 bits per heavy atom. The van der Waals surface area contributed by atoms with Gasteiger partial charge in [0.05, 0.1) is 0 Å². The molecule has 116 valence electrons. The van der Waals surface area contributed by atoms with Gasteiger partial charge in [-0.05, 0) is 50.0 Å². The van der Waals surface area contributed by atoms with Crippen LogP contribution in [0.1, 0.15) is 24.8 Å². The fourth-order valence-electron chi connectivity index (χ4n) is 2.58. The van der Waals surface area contributed by atoms with Gasteiger partial charge in [-0.2, -0.15) is 0 Å². The quantitative estimate of drug-likeness (QED) is 0.798. The Morgan fingerprint density at radius 3 is 2.67 bits per heavy atom. The summed E-state index contributed by atoms with van der Waals surface area (Å²) in [4.78, 5) is 16.4. The van der Waals surface area contributed by atoms with Gasteiger partial charge in [0, 0.05) is 36.6 Å².